The van der Waals surface area contributed by atoms with Crippen LogP contribution in [-0.4, -0.2) is 43.5 Å². The maximum atomic E-state index is 11.5. The van der Waals surface area contributed by atoms with Crippen molar-refractivity contribution in [3.8, 4) is 11.5 Å². The first-order valence-electron chi connectivity index (χ1n) is 6.33. The van der Waals surface area contributed by atoms with Crippen molar-refractivity contribution >= 4 is 17.5 Å². The molecule has 1 aromatic rings. The number of nitrogens with zero attached hydrogens (tertiary/aromatic N) is 1. The molecule has 0 aliphatic heterocycles. The van der Waals surface area contributed by atoms with Gasteiger partial charge in [0, 0.05) is 19.3 Å². The minimum Gasteiger partial charge on any atom is -0.490 e. The van der Waals surface area contributed by atoms with Gasteiger partial charge < -0.3 is 14.4 Å². The summed E-state index contributed by atoms with van der Waals surface area (Å²) in [7, 11) is 1.74. The zero-order valence-corrected chi connectivity index (χ0v) is 12.2. The molecule has 1 amide bonds. The van der Waals surface area contributed by atoms with Gasteiger partial charge in [0.05, 0.1) is 13.2 Å². The molecule has 0 aliphatic carbocycles. The predicted octanol–water partition coefficient (Wildman–Crippen LogP) is 2.55. The standard InChI is InChI=1S/C14H20ClNO3/c1-3-18-12-6-4-5-7-13(12)19-11-10-16(2)14(17)8-9-15/h4-7H,3,8-11H2,1-2H3. The molecule has 0 unspecified atom stereocenters. The Morgan fingerprint density at radius 1 is 1.26 bits per heavy atom. The van der Waals surface area contributed by atoms with E-state index in [0.717, 1.165) is 5.75 Å². The van der Waals surface area contributed by atoms with Gasteiger partial charge in [-0.2, -0.15) is 0 Å². The molecular weight excluding hydrogens is 266 g/mol. The first-order chi connectivity index (χ1) is 9.19. The van der Waals surface area contributed by atoms with Gasteiger partial charge in [-0.3, -0.25) is 4.79 Å². The van der Waals surface area contributed by atoms with Crippen molar-refractivity contribution in [1.82, 2.24) is 4.90 Å². The fourth-order valence-electron chi connectivity index (χ4n) is 1.53. The number of carbonyl (C=O) groups is 1. The van der Waals surface area contributed by atoms with Crippen molar-refractivity contribution in [2.75, 3.05) is 32.7 Å². The molecule has 5 heteroatoms. The summed E-state index contributed by atoms with van der Waals surface area (Å²) >= 11 is 5.53. The molecule has 0 bridgehead atoms. The highest BCUT2D eigenvalue weighted by atomic mass is 35.5. The first-order valence-corrected chi connectivity index (χ1v) is 6.87. The number of alkyl halides is 1. The summed E-state index contributed by atoms with van der Waals surface area (Å²) in [6, 6.07) is 7.50. The normalized spacial score (nSPS) is 10.1. The third kappa shape index (κ3) is 5.39. The molecule has 0 aromatic heterocycles. The van der Waals surface area contributed by atoms with E-state index in [1.807, 2.05) is 31.2 Å². The maximum absolute atomic E-state index is 11.5. The van der Waals surface area contributed by atoms with E-state index in [2.05, 4.69) is 0 Å². The van der Waals surface area contributed by atoms with Gasteiger partial charge in [0.1, 0.15) is 6.61 Å². The van der Waals surface area contributed by atoms with Crippen LogP contribution in [0.2, 0.25) is 0 Å². The van der Waals surface area contributed by atoms with Gasteiger partial charge >= 0.3 is 0 Å². The fourth-order valence-corrected chi connectivity index (χ4v) is 1.69. The largest absolute Gasteiger partial charge is 0.490 e. The topological polar surface area (TPSA) is 38.8 Å². The van der Waals surface area contributed by atoms with Gasteiger partial charge in [-0.15, -0.1) is 11.6 Å². The summed E-state index contributed by atoms with van der Waals surface area (Å²) in [5.74, 6) is 1.79. The number of ether oxygens (including phenoxy) is 2. The van der Waals surface area contributed by atoms with Crippen LogP contribution in [0, 0.1) is 0 Å². The van der Waals surface area contributed by atoms with Crippen molar-refractivity contribution in [2.24, 2.45) is 0 Å². The molecule has 0 N–H and O–H groups in total. The van der Waals surface area contributed by atoms with Gasteiger partial charge in [-0.05, 0) is 19.1 Å². The van der Waals surface area contributed by atoms with Crippen LogP contribution in [0.25, 0.3) is 0 Å². The molecule has 1 aromatic carbocycles. The van der Waals surface area contributed by atoms with Crippen LogP contribution < -0.4 is 9.47 Å². The van der Waals surface area contributed by atoms with Crippen LogP contribution in [-0.2, 0) is 4.79 Å². The second kappa shape index (κ2) is 8.64. The highest BCUT2D eigenvalue weighted by Gasteiger charge is 2.08. The number of benzene rings is 1. The minimum absolute atomic E-state index is 0.0247. The SMILES string of the molecule is CCOc1ccccc1OCCN(C)C(=O)CCCl. The predicted molar refractivity (Wildman–Crippen MR) is 76.1 cm³/mol. The third-order valence-corrected chi connectivity index (χ3v) is 2.76. The van der Waals surface area contributed by atoms with E-state index in [-0.39, 0.29) is 5.91 Å². The van der Waals surface area contributed by atoms with Crippen LogP contribution in [0.15, 0.2) is 24.3 Å². The number of para-hydroxylation sites is 2. The lowest BCUT2D eigenvalue weighted by molar-refractivity contribution is -0.129. The van der Waals surface area contributed by atoms with Crippen molar-refractivity contribution < 1.29 is 14.3 Å². The number of amides is 1. The average Bonchev–Trinajstić information content (AvgIpc) is 2.41. The monoisotopic (exact) mass is 285 g/mol. The molecule has 0 radical (unpaired) electrons. The number of hydrogen-bond donors (Lipinski definition) is 0. The summed E-state index contributed by atoms with van der Waals surface area (Å²) in [4.78, 5) is 13.1. The van der Waals surface area contributed by atoms with Gasteiger partial charge in [0.2, 0.25) is 5.91 Å². The van der Waals surface area contributed by atoms with Gasteiger partial charge in [0.15, 0.2) is 11.5 Å². The van der Waals surface area contributed by atoms with E-state index in [9.17, 15) is 4.79 Å². The summed E-state index contributed by atoms with van der Waals surface area (Å²) in [6.07, 6.45) is 0.355. The Morgan fingerprint density at radius 3 is 2.47 bits per heavy atom. The second-order valence-corrected chi connectivity index (χ2v) is 4.36. The lowest BCUT2D eigenvalue weighted by Crippen LogP contribution is -2.30. The lowest BCUT2D eigenvalue weighted by atomic mass is 10.3. The quantitative estimate of drug-likeness (QED) is 0.689. The fraction of sp³-hybridized carbons (Fsp3) is 0.500. The van der Waals surface area contributed by atoms with Crippen LogP contribution in [0.4, 0.5) is 0 Å². The maximum Gasteiger partial charge on any atom is 0.223 e. The Bertz CT molecular complexity index is 398. The number of likely N-dealkylation sites (N-methyl/N-ethyl adjacent to an activating group) is 1. The van der Waals surface area contributed by atoms with Crippen LogP contribution in [0.1, 0.15) is 13.3 Å². The zero-order valence-electron chi connectivity index (χ0n) is 11.4. The third-order valence-electron chi connectivity index (χ3n) is 2.57. The zero-order chi connectivity index (χ0) is 14.1. The Hall–Kier alpha value is -1.42. The smallest absolute Gasteiger partial charge is 0.223 e. The Morgan fingerprint density at radius 2 is 1.89 bits per heavy atom. The van der Waals surface area contributed by atoms with Crippen molar-refractivity contribution in [3.63, 3.8) is 0 Å². The van der Waals surface area contributed by atoms with E-state index in [0.29, 0.717) is 37.8 Å². The van der Waals surface area contributed by atoms with Crippen molar-refractivity contribution in [3.05, 3.63) is 24.3 Å². The van der Waals surface area contributed by atoms with Crippen LogP contribution in [0.3, 0.4) is 0 Å². The summed E-state index contributed by atoms with van der Waals surface area (Å²) in [5, 5.41) is 0. The van der Waals surface area contributed by atoms with Gasteiger partial charge in [0.25, 0.3) is 0 Å². The van der Waals surface area contributed by atoms with E-state index < -0.39 is 0 Å². The number of halogens is 1. The number of hydrogen-bond acceptors (Lipinski definition) is 3. The highest BCUT2D eigenvalue weighted by Crippen LogP contribution is 2.26. The van der Waals surface area contributed by atoms with Gasteiger partial charge in [-0.1, -0.05) is 12.1 Å². The Kier molecular flexibility index (Phi) is 7.11. The number of carbonyl (C=O) groups excluding carboxylic acids is 1. The highest BCUT2D eigenvalue weighted by molar-refractivity contribution is 6.18. The van der Waals surface area contributed by atoms with E-state index in [4.69, 9.17) is 21.1 Å². The van der Waals surface area contributed by atoms with Crippen LogP contribution in [0.5, 0.6) is 11.5 Å². The summed E-state index contributed by atoms with van der Waals surface area (Å²) in [5.41, 5.74) is 0. The molecular formula is C14H20ClNO3. The van der Waals surface area contributed by atoms with Crippen LogP contribution >= 0.6 is 11.6 Å². The summed E-state index contributed by atoms with van der Waals surface area (Å²) in [6.45, 7) is 3.47. The Labute approximate surface area is 119 Å². The average molecular weight is 286 g/mol. The molecule has 0 saturated heterocycles. The minimum atomic E-state index is 0.0247. The van der Waals surface area contributed by atoms with Crippen molar-refractivity contribution in [1.29, 1.82) is 0 Å². The molecule has 0 heterocycles. The molecule has 0 spiro atoms. The molecule has 0 fully saturated rings. The summed E-state index contributed by atoms with van der Waals surface area (Å²) < 4.78 is 11.1. The molecule has 19 heavy (non-hydrogen) atoms. The lowest BCUT2D eigenvalue weighted by Gasteiger charge is -2.17. The molecule has 0 aliphatic rings. The molecule has 106 valence electrons. The van der Waals surface area contributed by atoms with Crippen molar-refractivity contribution in [2.45, 2.75) is 13.3 Å². The molecule has 4 nitrogen and oxygen atoms in total. The second-order valence-electron chi connectivity index (χ2n) is 3.98. The molecule has 1 rings (SSSR count). The van der Waals surface area contributed by atoms with E-state index in [1.54, 1.807) is 11.9 Å². The van der Waals surface area contributed by atoms with E-state index in [1.165, 1.54) is 0 Å². The first kappa shape index (κ1) is 15.6. The molecule has 0 atom stereocenters. The van der Waals surface area contributed by atoms with E-state index >= 15 is 0 Å². The number of rotatable bonds is 8. The molecule has 0 saturated carbocycles. The van der Waals surface area contributed by atoms with Gasteiger partial charge in [-0.25, -0.2) is 0 Å². The Balaban J connectivity index is 2.42.